The molecular weight excluding hydrogens is 336 g/mol. The normalized spacial score (nSPS) is 11.9. The van der Waals surface area contributed by atoms with Crippen LogP contribution >= 0.6 is 0 Å². The van der Waals surface area contributed by atoms with Crippen molar-refractivity contribution in [2.45, 2.75) is 37.9 Å². The Bertz CT molecular complexity index is 785. The van der Waals surface area contributed by atoms with Gasteiger partial charge in [-0.15, -0.1) is 0 Å². The topological polar surface area (TPSA) is 58.6 Å². The summed E-state index contributed by atoms with van der Waals surface area (Å²) in [5.74, 6) is 0.887. The highest BCUT2D eigenvalue weighted by Crippen LogP contribution is 2.19. The molecule has 0 atom stereocenters. The van der Waals surface area contributed by atoms with Crippen LogP contribution in [0.5, 0.6) is 5.75 Å². The number of hydrogen-bond acceptors (Lipinski definition) is 4. The molecule has 5 nitrogen and oxygen atoms in total. The lowest BCUT2D eigenvalue weighted by Crippen LogP contribution is -2.22. The number of rotatable bonds is 8. The summed E-state index contributed by atoms with van der Waals surface area (Å²) in [6.45, 7) is 5.35. The molecule has 0 spiro atoms. The van der Waals surface area contributed by atoms with Crippen molar-refractivity contribution in [2.75, 3.05) is 14.1 Å². The molecule has 0 aromatic heterocycles. The summed E-state index contributed by atoms with van der Waals surface area (Å²) in [5.41, 5.74) is 2.13. The molecule has 0 aliphatic carbocycles. The van der Waals surface area contributed by atoms with Crippen LogP contribution in [-0.2, 0) is 23.1 Å². The van der Waals surface area contributed by atoms with E-state index in [4.69, 9.17) is 4.74 Å². The van der Waals surface area contributed by atoms with Crippen LogP contribution in [0, 0.1) is 0 Å². The van der Waals surface area contributed by atoms with Gasteiger partial charge in [0, 0.05) is 32.7 Å². The highest BCUT2D eigenvalue weighted by Gasteiger charge is 2.16. The number of para-hydroxylation sites is 1. The van der Waals surface area contributed by atoms with E-state index in [9.17, 15) is 8.42 Å². The molecule has 0 saturated carbocycles. The molecule has 25 heavy (non-hydrogen) atoms. The fourth-order valence-corrected chi connectivity index (χ4v) is 3.25. The molecule has 1 N–H and O–H groups in total. The smallest absolute Gasteiger partial charge is 0.242 e. The van der Waals surface area contributed by atoms with Crippen LogP contribution in [0.4, 0.5) is 0 Å². The van der Waals surface area contributed by atoms with Gasteiger partial charge in [-0.2, -0.15) is 0 Å². The molecule has 0 amide bonds. The first-order valence-electron chi connectivity index (χ1n) is 8.27. The maximum Gasteiger partial charge on any atom is 0.242 e. The van der Waals surface area contributed by atoms with Crippen molar-refractivity contribution < 1.29 is 13.2 Å². The van der Waals surface area contributed by atoms with Gasteiger partial charge in [0.2, 0.25) is 10.0 Å². The van der Waals surface area contributed by atoms with Crippen molar-refractivity contribution in [2.24, 2.45) is 0 Å². The minimum Gasteiger partial charge on any atom is -0.491 e. The summed E-state index contributed by atoms with van der Waals surface area (Å²) in [6.07, 6.45) is 0.132. The van der Waals surface area contributed by atoms with Gasteiger partial charge in [0.25, 0.3) is 0 Å². The zero-order valence-corrected chi connectivity index (χ0v) is 16.0. The first-order chi connectivity index (χ1) is 11.8. The third-order valence-corrected chi connectivity index (χ3v) is 5.51. The maximum atomic E-state index is 12.1. The third-order valence-electron chi connectivity index (χ3n) is 3.68. The number of hydrogen-bond donors (Lipinski definition) is 1. The molecule has 6 heteroatoms. The van der Waals surface area contributed by atoms with Crippen LogP contribution in [-0.4, -0.2) is 32.9 Å². The zero-order valence-electron chi connectivity index (χ0n) is 15.2. The number of benzene rings is 2. The molecule has 0 aliphatic heterocycles. The summed E-state index contributed by atoms with van der Waals surface area (Å²) in [4.78, 5) is 0.303. The average molecular weight is 362 g/mol. The van der Waals surface area contributed by atoms with E-state index in [2.05, 4.69) is 5.32 Å². The molecule has 136 valence electrons. The van der Waals surface area contributed by atoms with Crippen LogP contribution in [0.1, 0.15) is 25.0 Å². The zero-order chi connectivity index (χ0) is 18.4. The second-order valence-corrected chi connectivity index (χ2v) is 8.46. The Hall–Kier alpha value is -1.89. The summed E-state index contributed by atoms with van der Waals surface area (Å²) in [6, 6.07) is 14.9. The molecule has 0 unspecified atom stereocenters. The molecule has 2 aromatic rings. The average Bonchev–Trinajstić information content (AvgIpc) is 2.56. The van der Waals surface area contributed by atoms with E-state index in [0.717, 1.165) is 16.9 Å². The number of sulfonamides is 1. The van der Waals surface area contributed by atoms with Gasteiger partial charge in [-0.3, -0.25) is 0 Å². The van der Waals surface area contributed by atoms with E-state index < -0.39 is 10.0 Å². The number of nitrogens with one attached hydrogen (secondary N) is 1. The van der Waals surface area contributed by atoms with Gasteiger partial charge in [-0.25, -0.2) is 12.7 Å². The highest BCUT2D eigenvalue weighted by molar-refractivity contribution is 7.89. The highest BCUT2D eigenvalue weighted by atomic mass is 32.2. The molecule has 2 rings (SSSR count). The summed E-state index contributed by atoms with van der Waals surface area (Å²) >= 11 is 0. The minimum atomic E-state index is -3.38. The van der Waals surface area contributed by atoms with E-state index in [1.165, 1.54) is 18.4 Å². The molecule has 0 radical (unpaired) electrons. The first kappa shape index (κ1) is 19.4. The minimum absolute atomic E-state index is 0.132. The largest absolute Gasteiger partial charge is 0.491 e. The van der Waals surface area contributed by atoms with Crippen molar-refractivity contribution in [3.05, 3.63) is 59.7 Å². The predicted molar refractivity (Wildman–Crippen MR) is 100 cm³/mol. The maximum absolute atomic E-state index is 12.1. The molecule has 0 heterocycles. The van der Waals surface area contributed by atoms with Gasteiger partial charge in [-0.1, -0.05) is 30.3 Å². The SMILES string of the molecule is CC(C)Oc1ccccc1CNCc1ccc(S(=O)(=O)N(C)C)cc1. The summed E-state index contributed by atoms with van der Waals surface area (Å²) < 4.78 is 31.2. The molecular formula is C19H26N2O3S. The van der Waals surface area contributed by atoms with Gasteiger partial charge in [0.05, 0.1) is 11.0 Å². The lowest BCUT2D eigenvalue weighted by Gasteiger charge is -2.15. The van der Waals surface area contributed by atoms with E-state index in [1.54, 1.807) is 12.1 Å². The first-order valence-corrected chi connectivity index (χ1v) is 9.71. The van der Waals surface area contributed by atoms with Gasteiger partial charge < -0.3 is 10.1 Å². The standard InChI is InChI=1S/C19H26N2O3S/c1-15(2)24-19-8-6-5-7-17(19)14-20-13-16-9-11-18(12-10-16)25(22,23)21(3)4/h5-12,15,20H,13-14H2,1-4H3. The quantitative estimate of drug-likeness (QED) is 0.784. The van der Waals surface area contributed by atoms with Crippen molar-refractivity contribution in [3.8, 4) is 5.75 Å². The third kappa shape index (κ3) is 5.29. The van der Waals surface area contributed by atoms with E-state index in [1.807, 2.05) is 50.2 Å². The van der Waals surface area contributed by atoms with E-state index in [-0.39, 0.29) is 6.10 Å². The molecule has 0 fully saturated rings. The second kappa shape index (κ2) is 8.47. The Morgan fingerprint density at radius 2 is 1.64 bits per heavy atom. The van der Waals surface area contributed by atoms with Crippen molar-refractivity contribution >= 4 is 10.0 Å². The Morgan fingerprint density at radius 1 is 1.00 bits per heavy atom. The predicted octanol–water partition coefficient (Wildman–Crippen LogP) is 3.01. The van der Waals surface area contributed by atoms with Gasteiger partial charge >= 0.3 is 0 Å². The van der Waals surface area contributed by atoms with Crippen molar-refractivity contribution in [1.29, 1.82) is 0 Å². The van der Waals surface area contributed by atoms with Crippen LogP contribution in [0.15, 0.2) is 53.4 Å². The van der Waals surface area contributed by atoms with Crippen LogP contribution < -0.4 is 10.1 Å². The van der Waals surface area contributed by atoms with Crippen LogP contribution in [0.3, 0.4) is 0 Å². The number of nitrogens with zero attached hydrogens (tertiary/aromatic N) is 1. The fraction of sp³-hybridized carbons (Fsp3) is 0.368. The summed E-state index contributed by atoms with van der Waals surface area (Å²) in [7, 11) is -0.319. The van der Waals surface area contributed by atoms with Crippen molar-refractivity contribution in [3.63, 3.8) is 0 Å². The summed E-state index contributed by atoms with van der Waals surface area (Å²) in [5, 5.41) is 3.37. The molecule has 2 aromatic carbocycles. The Labute approximate surface area is 150 Å². The van der Waals surface area contributed by atoms with E-state index in [0.29, 0.717) is 18.0 Å². The molecule has 0 bridgehead atoms. The Morgan fingerprint density at radius 3 is 2.24 bits per heavy atom. The Kier molecular flexibility index (Phi) is 6.58. The van der Waals surface area contributed by atoms with E-state index >= 15 is 0 Å². The van der Waals surface area contributed by atoms with Crippen LogP contribution in [0.25, 0.3) is 0 Å². The monoisotopic (exact) mass is 362 g/mol. The molecule has 0 saturated heterocycles. The molecule has 0 aliphatic rings. The van der Waals surface area contributed by atoms with Crippen molar-refractivity contribution in [1.82, 2.24) is 9.62 Å². The van der Waals surface area contributed by atoms with Gasteiger partial charge in [-0.05, 0) is 37.6 Å². The fourth-order valence-electron chi connectivity index (χ4n) is 2.35. The second-order valence-electron chi connectivity index (χ2n) is 6.31. The number of ether oxygens (including phenoxy) is 1. The lowest BCUT2D eigenvalue weighted by atomic mass is 10.2. The Balaban J connectivity index is 1.97. The van der Waals surface area contributed by atoms with Crippen LogP contribution in [0.2, 0.25) is 0 Å². The lowest BCUT2D eigenvalue weighted by molar-refractivity contribution is 0.239. The van der Waals surface area contributed by atoms with Gasteiger partial charge in [0.15, 0.2) is 0 Å². The van der Waals surface area contributed by atoms with Gasteiger partial charge in [0.1, 0.15) is 5.75 Å².